The summed E-state index contributed by atoms with van der Waals surface area (Å²) in [6.45, 7) is 5.57. The van der Waals surface area contributed by atoms with E-state index in [1.807, 2.05) is 0 Å². The zero-order chi connectivity index (χ0) is 14.5. The molecule has 2 aliphatic rings. The summed E-state index contributed by atoms with van der Waals surface area (Å²) in [4.78, 5) is 4.60. The Balaban J connectivity index is 1.57. The Morgan fingerprint density at radius 3 is 2.76 bits per heavy atom. The van der Waals surface area contributed by atoms with E-state index in [9.17, 15) is 0 Å². The Labute approximate surface area is 127 Å². The van der Waals surface area contributed by atoms with E-state index in [0.29, 0.717) is 5.92 Å². The van der Waals surface area contributed by atoms with Gasteiger partial charge in [-0.3, -0.25) is 0 Å². The first-order valence-electron chi connectivity index (χ1n) is 8.27. The second-order valence-electron chi connectivity index (χ2n) is 6.18. The summed E-state index contributed by atoms with van der Waals surface area (Å²) in [5.74, 6) is 1.40. The highest BCUT2D eigenvalue weighted by atomic mass is 16.5. The van der Waals surface area contributed by atoms with Crippen LogP contribution in [0.25, 0.3) is 0 Å². The van der Waals surface area contributed by atoms with Gasteiger partial charge in [-0.2, -0.15) is 0 Å². The number of ether oxygens (including phenoxy) is 2. The number of rotatable bonds is 7. The van der Waals surface area contributed by atoms with E-state index in [-0.39, 0.29) is 0 Å². The van der Waals surface area contributed by atoms with Crippen LogP contribution >= 0.6 is 0 Å². The number of hydrogen-bond donors (Lipinski definition) is 1. The van der Waals surface area contributed by atoms with Crippen LogP contribution in [-0.4, -0.2) is 30.8 Å². The zero-order valence-corrected chi connectivity index (χ0v) is 12.9. The van der Waals surface area contributed by atoms with Gasteiger partial charge in [-0.25, -0.2) is 4.98 Å². The first kappa shape index (κ1) is 14.8. The SMILES string of the molecule is CCc1cc(CNC2CC2)cc(OCC2CCOCC2)n1. The van der Waals surface area contributed by atoms with Gasteiger partial charge in [0.15, 0.2) is 0 Å². The quantitative estimate of drug-likeness (QED) is 0.838. The second-order valence-corrected chi connectivity index (χ2v) is 6.18. The Morgan fingerprint density at radius 2 is 2.05 bits per heavy atom. The number of pyridine rings is 1. The fourth-order valence-electron chi connectivity index (χ4n) is 2.64. The van der Waals surface area contributed by atoms with Crippen LogP contribution in [0.2, 0.25) is 0 Å². The van der Waals surface area contributed by atoms with Crippen molar-refractivity contribution in [2.45, 2.75) is 51.6 Å². The third kappa shape index (κ3) is 4.68. The molecule has 0 amide bonds. The van der Waals surface area contributed by atoms with Crippen molar-refractivity contribution in [2.75, 3.05) is 19.8 Å². The fourth-order valence-corrected chi connectivity index (χ4v) is 2.64. The summed E-state index contributed by atoms with van der Waals surface area (Å²) in [5, 5.41) is 3.56. The molecule has 1 saturated heterocycles. The van der Waals surface area contributed by atoms with Crippen molar-refractivity contribution in [3.63, 3.8) is 0 Å². The van der Waals surface area contributed by atoms with E-state index in [2.05, 4.69) is 29.4 Å². The lowest BCUT2D eigenvalue weighted by Gasteiger charge is -2.22. The van der Waals surface area contributed by atoms with Gasteiger partial charge in [0.2, 0.25) is 5.88 Å². The molecule has 1 aromatic rings. The predicted octanol–water partition coefficient (Wildman–Crippen LogP) is 2.70. The van der Waals surface area contributed by atoms with Gasteiger partial charge in [-0.1, -0.05) is 6.92 Å². The lowest BCUT2D eigenvalue weighted by atomic mass is 10.0. The van der Waals surface area contributed by atoms with Gasteiger partial charge in [0.05, 0.1) is 6.61 Å². The summed E-state index contributed by atoms with van der Waals surface area (Å²) in [5.41, 5.74) is 2.41. The second kappa shape index (κ2) is 7.23. The molecular formula is C17H26N2O2. The highest BCUT2D eigenvalue weighted by Crippen LogP contribution is 2.21. The number of aromatic nitrogens is 1. The molecule has 1 saturated carbocycles. The van der Waals surface area contributed by atoms with E-state index >= 15 is 0 Å². The Hall–Kier alpha value is -1.13. The van der Waals surface area contributed by atoms with Gasteiger partial charge in [0, 0.05) is 37.6 Å². The smallest absolute Gasteiger partial charge is 0.213 e. The van der Waals surface area contributed by atoms with Crippen LogP contribution in [0.1, 0.15) is 43.9 Å². The molecule has 1 aromatic heterocycles. The molecule has 1 N–H and O–H groups in total. The predicted molar refractivity (Wildman–Crippen MR) is 82.5 cm³/mol. The minimum absolute atomic E-state index is 0.610. The van der Waals surface area contributed by atoms with Crippen molar-refractivity contribution in [3.8, 4) is 5.88 Å². The van der Waals surface area contributed by atoms with Crippen LogP contribution in [0.15, 0.2) is 12.1 Å². The largest absolute Gasteiger partial charge is 0.477 e. The summed E-state index contributed by atoms with van der Waals surface area (Å²) >= 11 is 0. The fraction of sp³-hybridized carbons (Fsp3) is 0.706. The van der Waals surface area contributed by atoms with E-state index in [0.717, 1.165) is 63.2 Å². The van der Waals surface area contributed by atoms with Crippen LogP contribution in [0.3, 0.4) is 0 Å². The Bertz CT molecular complexity index is 454. The molecule has 0 radical (unpaired) electrons. The molecular weight excluding hydrogens is 264 g/mol. The minimum Gasteiger partial charge on any atom is -0.477 e. The summed E-state index contributed by atoms with van der Waals surface area (Å²) in [7, 11) is 0. The molecule has 2 heterocycles. The van der Waals surface area contributed by atoms with Gasteiger partial charge in [-0.05, 0) is 49.7 Å². The molecule has 4 nitrogen and oxygen atoms in total. The average molecular weight is 290 g/mol. The van der Waals surface area contributed by atoms with E-state index in [1.165, 1.54) is 18.4 Å². The van der Waals surface area contributed by atoms with Crippen molar-refractivity contribution in [1.82, 2.24) is 10.3 Å². The average Bonchev–Trinajstić information content (AvgIpc) is 3.36. The third-order valence-corrected chi connectivity index (χ3v) is 4.26. The van der Waals surface area contributed by atoms with Crippen LogP contribution in [0, 0.1) is 5.92 Å². The molecule has 1 aliphatic heterocycles. The highest BCUT2D eigenvalue weighted by Gasteiger charge is 2.20. The van der Waals surface area contributed by atoms with Gasteiger partial charge < -0.3 is 14.8 Å². The molecule has 0 unspecified atom stereocenters. The minimum atomic E-state index is 0.610. The molecule has 0 bridgehead atoms. The van der Waals surface area contributed by atoms with Crippen molar-refractivity contribution < 1.29 is 9.47 Å². The maximum absolute atomic E-state index is 5.96. The van der Waals surface area contributed by atoms with E-state index < -0.39 is 0 Å². The van der Waals surface area contributed by atoms with Crippen LogP contribution in [0.5, 0.6) is 5.88 Å². The number of hydrogen-bond acceptors (Lipinski definition) is 4. The monoisotopic (exact) mass is 290 g/mol. The van der Waals surface area contributed by atoms with Crippen molar-refractivity contribution in [3.05, 3.63) is 23.4 Å². The standard InChI is InChI=1S/C17H26N2O2/c1-2-15-9-14(11-18-16-3-4-16)10-17(19-15)21-12-13-5-7-20-8-6-13/h9-10,13,16,18H,2-8,11-12H2,1H3. The molecule has 116 valence electrons. The van der Waals surface area contributed by atoms with Gasteiger partial charge >= 0.3 is 0 Å². The van der Waals surface area contributed by atoms with Crippen molar-refractivity contribution in [2.24, 2.45) is 5.92 Å². The first-order valence-corrected chi connectivity index (χ1v) is 8.27. The molecule has 0 aromatic carbocycles. The maximum Gasteiger partial charge on any atom is 0.213 e. The van der Waals surface area contributed by atoms with E-state index in [4.69, 9.17) is 9.47 Å². The lowest BCUT2D eigenvalue weighted by molar-refractivity contribution is 0.0490. The van der Waals surface area contributed by atoms with Gasteiger partial charge in [0.1, 0.15) is 0 Å². The van der Waals surface area contributed by atoms with Crippen molar-refractivity contribution >= 4 is 0 Å². The number of nitrogens with one attached hydrogen (secondary N) is 1. The van der Waals surface area contributed by atoms with E-state index in [1.54, 1.807) is 0 Å². The van der Waals surface area contributed by atoms with Gasteiger partial charge in [0.25, 0.3) is 0 Å². The summed E-state index contributed by atoms with van der Waals surface area (Å²) in [6.07, 6.45) is 5.79. The maximum atomic E-state index is 5.96. The van der Waals surface area contributed by atoms with Crippen LogP contribution in [-0.2, 0) is 17.7 Å². The Morgan fingerprint density at radius 1 is 1.24 bits per heavy atom. The molecule has 0 spiro atoms. The normalized spacial score (nSPS) is 19.7. The molecule has 0 atom stereocenters. The molecule has 4 heteroatoms. The zero-order valence-electron chi connectivity index (χ0n) is 12.9. The molecule has 1 aliphatic carbocycles. The summed E-state index contributed by atoms with van der Waals surface area (Å²) < 4.78 is 11.3. The number of nitrogens with zero attached hydrogens (tertiary/aromatic N) is 1. The first-order chi connectivity index (χ1) is 10.3. The highest BCUT2D eigenvalue weighted by molar-refractivity contribution is 5.25. The van der Waals surface area contributed by atoms with Crippen molar-refractivity contribution in [1.29, 1.82) is 0 Å². The molecule has 2 fully saturated rings. The molecule has 3 rings (SSSR count). The van der Waals surface area contributed by atoms with Crippen LogP contribution in [0.4, 0.5) is 0 Å². The lowest BCUT2D eigenvalue weighted by Crippen LogP contribution is -2.22. The topological polar surface area (TPSA) is 43.4 Å². The summed E-state index contributed by atoms with van der Waals surface area (Å²) in [6, 6.07) is 5.01. The van der Waals surface area contributed by atoms with Crippen LogP contribution < -0.4 is 10.1 Å². The van der Waals surface area contributed by atoms with Gasteiger partial charge in [-0.15, -0.1) is 0 Å². The third-order valence-electron chi connectivity index (χ3n) is 4.26. The number of aryl methyl sites for hydroxylation is 1. The Kier molecular flexibility index (Phi) is 5.09. The molecule has 21 heavy (non-hydrogen) atoms.